The first-order valence-corrected chi connectivity index (χ1v) is 6.30. The highest BCUT2D eigenvalue weighted by Gasteiger charge is 2.32. The minimum atomic E-state index is 0.696. The molecule has 2 nitrogen and oxygen atoms in total. The predicted octanol–water partition coefficient (Wildman–Crippen LogP) is 3.48. The van der Waals surface area contributed by atoms with Gasteiger partial charge in [0.2, 0.25) is 6.73 Å². The lowest BCUT2D eigenvalue weighted by atomic mass is 10.1. The van der Waals surface area contributed by atoms with Crippen LogP contribution in [0.1, 0.15) is 11.1 Å². The van der Waals surface area contributed by atoms with Crippen molar-refractivity contribution in [3.05, 3.63) is 59.7 Å². The number of fused-ring (bicyclic) bond motifs is 1. The van der Waals surface area contributed by atoms with Crippen molar-refractivity contribution in [2.24, 2.45) is 0 Å². The molecule has 1 aliphatic rings. The maximum Gasteiger partial charge on any atom is 0.228 e. The van der Waals surface area contributed by atoms with Crippen molar-refractivity contribution in [1.29, 1.82) is 0 Å². The van der Waals surface area contributed by atoms with E-state index in [-0.39, 0.29) is 0 Å². The third-order valence-electron chi connectivity index (χ3n) is 3.69. The van der Waals surface area contributed by atoms with Gasteiger partial charge in [0.1, 0.15) is 18.0 Å². The average Bonchev–Trinajstić information content (AvgIpc) is 2.40. The first-order chi connectivity index (χ1) is 8.69. The van der Waals surface area contributed by atoms with Crippen LogP contribution in [-0.4, -0.2) is 13.8 Å². The molecule has 0 saturated heterocycles. The molecule has 1 aliphatic heterocycles. The third-order valence-corrected chi connectivity index (χ3v) is 3.69. The summed E-state index contributed by atoms with van der Waals surface area (Å²) in [6.45, 7) is 3.79. The second-order valence-electron chi connectivity index (χ2n) is 5.23. The smallest absolute Gasteiger partial charge is 0.228 e. The summed E-state index contributed by atoms with van der Waals surface area (Å²) in [6, 6.07) is 17.0. The van der Waals surface area contributed by atoms with Crippen LogP contribution in [0.15, 0.2) is 48.5 Å². The van der Waals surface area contributed by atoms with E-state index < -0.39 is 0 Å². The van der Waals surface area contributed by atoms with Crippen molar-refractivity contribution < 1.29 is 4.74 Å². The number of ether oxygens (including phenoxy) is 1. The highest BCUT2D eigenvalue weighted by molar-refractivity contribution is 5.48. The molecule has 3 rings (SSSR count). The summed E-state index contributed by atoms with van der Waals surface area (Å²) in [6.07, 6.45) is 0. The van der Waals surface area contributed by atoms with E-state index in [1.165, 1.54) is 16.8 Å². The molecule has 2 aromatic rings. The first-order valence-electron chi connectivity index (χ1n) is 6.30. The normalized spacial score (nSPS) is 22.1. The van der Waals surface area contributed by atoms with Crippen LogP contribution in [0.25, 0.3) is 0 Å². The average molecular weight is 240 g/mol. The Morgan fingerprint density at radius 2 is 1.78 bits per heavy atom. The van der Waals surface area contributed by atoms with Crippen LogP contribution in [0.3, 0.4) is 0 Å². The second-order valence-corrected chi connectivity index (χ2v) is 5.23. The maximum absolute atomic E-state index is 6.00. The zero-order valence-electron chi connectivity index (χ0n) is 10.9. The van der Waals surface area contributed by atoms with Crippen LogP contribution >= 0.6 is 0 Å². The topological polar surface area (TPSA) is 9.23 Å². The van der Waals surface area contributed by atoms with Crippen molar-refractivity contribution in [1.82, 2.24) is 4.48 Å². The lowest BCUT2D eigenvalue weighted by Crippen LogP contribution is -2.49. The molecular weight excluding hydrogens is 222 g/mol. The quantitative estimate of drug-likeness (QED) is 0.693. The Morgan fingerprint density at radius 1 is 1.00 bits per heavy atom. The van der Waals surface area contributed by atoms with E-state index >= 15 is 0 Å². The molecule has 1 atom stereocenters. The minimum absolute atomic E-state index is 0.696. The Morgan fingerprint density at radius 3 is 2.56 bits per heavy atom. The molecular formula is C16H18NO+. The number of para-hydroxylation sites is 2. The Labute approximate surface area is 108 Å². The number of quaternary nitrogens is 1. The van der Waals surface area contributed by atoms with E-state index in [1.807, 2.05) is 0 Å². The highest BCUT2D eigenvalue weighted by Crippen LogP contribution is 2.34. The SMILES string of the molecule is Cc1cccc2c1OC[N+](C)(c1ccccc1)C2. The molecule has 0 radical (unpaired) electrons. The highest BCUT2D eigenvalue weighted by atomic mass is 16.5. The summed E-state index contributed by atoms with van der Waals surface area (Å²) >= 11 is 0. The molecule has 0 saturated carbocycles. The molecule has 92 valence electrons. The van der Waals surface area contributed by atoms with Gasteiger partial charge in [0.05, 0.1) is 7.05 Å². The van der Waals surface area contributed by atoms with Gasteiger partial charge in [0.25, 0.3) is 0 Å². The minimum Gasteiger partial charge on any atom is -0.444 e. The van der Waals surface area contributed by atoms with Crippen LogP contribution in [0, 0.1) is 6.92 Å². The summed E-state index contributed by atoms with van der Waals surface area (Å²) < 4.78 is 6.80. The van der Waals surface area contributed by atoms with Crippen molar-refractivity contribution in [2.45, 2.75) is 13.5 Å². The summed E-state index contributed by atoms with van der Waals surface area (Å²) in [5.74, 6) is 1.07. The van der Waals surface area contributed by atoms with E-state index in [9.17, 15) is 0 Å². The molecule has 2 heteroatoms. The number of aryl methyl sites for hydroxylation is 1. The van der Waals surface area contributed by atoms with Crippen molar-refractivity contribution >= 4 is 5.69 Å². The van der Waals surface area contributed by atoms with E-state index in [0.717, 1.165) is 16.8 Å². The van der Waals surface area contributed by atoms with Crippen LogP contribution < -0.4 is 9.22 Å². The van der Waals surface area contributed by atoms with Crippen LogP contribution in [-0.2, 0) is 6.54 Å². The molecule has 0 spiro atoms. The molecule has 1 unspecified atom stereocenters. The molecule has 18 heavy (non-hydrogen) atoms. The number of nitrogens with zero attached hydrogens (tertiary/aromatic N) is 1. The largest absolute Gasteiger partial charge is 0.444 e. The van der Waals surface area contributed by atoms with Gasteiger partial charge in [-0.05, 0) is 30.7 Å². The van der Waals surface area contributed by atoms with Crippen LogP contribution in [0.5, 0.6) is 5.75 Å². The second kappa shape index (κ2) is 4.14. The Kier molecular flexibility index (Phi) is 2.60. The summed E-state index contributed by atoms with van der Waals surface area (Å²) in [4.78, 5) is 0. The fourth-order valence-electron chi connectivity index (χ4n) is 2.63. The Bertz CT molecular complexity index is 565. The molecule has 0 aliphatic carbocycles. The Hall–Kier alpha value is -1.80. The predicted molar refractivity (Wildman–Crippen MR) is 74.5 cm³/mol. The van der Waals surface area contributed by atoms with Gasteiger partial charge in [-0.15, -0.1) is 0 Å². The molecule has 2 aromatic carbocycles. The van der Waals surface area contributed by atoms with E-state index in [2.05, 4.69) is 62.5 Å². The number of hydrogen-bond donors (Lipinski definition) is 0. The van der Waals surface area contributed by atoms with Crippen LogP contribution in [0.2, 0.25) is 0 Å². The lowest BCUT2D eigenvalue weighted by molar-refractivity contribution is 0.123. The summed E-state index contributed by atoms with van der Waals surface area (Å²) in [5.41, 5.74) is 3.82. The van der Waals surface area contributed by atoms with Crippen LogP contribution in [0.4, 0.5) is 5.69 Å². The third kappa shape index (κ3) is 1.79. The van der Waals surface area contributed by atoms with E-state index in [4.69, 9.17) is 4.74 Å². The Balaban J connectivity index is 2.00. The van der Waals surface area contributed by atoms with Crippen molar-refractivity contribution in [3.63, 3.8) is 0 Å². The molecule has 1 heterocycles. The maximum atomic E-state index is 6.00. The van der Waals surface area contributed by atoms with Gasteiger partial charge in [-0.25, -0.2) is 0 Å². The first kappa shape index (κ1) is 11.3. The molecule has 0 amide bonds. The van der Waals surface area contributed by atoms with Gasteiger partial charge in [-0.2, -0.15) is 0 Å². The molecule has 0 fully saturated rings. The number of rotatable bonds is 1. The van der Waals surface area contributed by atoms with Gasteiger partial charge in [-0.3, -0.25) is 4.48 Å². The zero-order chi connectivity index (χ0) is 12.6. The van der Waals surface area contributed by atoms with Gasteiger partial charge >= 0.3 is 0 Å². The molecule has 0 N–H and O–H groups in total. The van der Waals surface area contributed by atoms with Crippen molar-refractivity contribution in [3.8, 4) is 5.75 Å². The van der Waals surface area contributed by atoms with Gasteiger partial charge in [0, 0.05) is 5.56 Å². The van der Waals surface area contributed by atoms with Gasteiger partial charge in [0.15, 0.2) is 0 Å². The number of benzene rings is 2. The van der Waals surface area contributed by atoms with E-state index in [0.29, 0.717) is 6.73 Å². The molecule has 0 bridgehead atoms. The van der Waals surface area contributed by atoms with Gasteiger partial charge < -0.3 is 4.74 Å². The number of hydrogen-bond acceptors (Lipinski definition) is 1. The van der Waals surface area contributed by atoms with Crippen molar-refractivity contribution in [2.75, 3.05) is 13.8 Å². The fraction of sp³-hybridized carbons (Fsp3) is 0.250. The monoisotopic (exact) mass is 240 g/mol. The molecule has 0 aromatic heterocycles. The fourth-order valence-corrected chi connectivity index (χ4v) is 2.63. The summed E-state index contributed by atoms with van der Waals surface area (Å²) in [5, 5.41) is 0. The standard InChI is InChI=1S/C16H18NO/c1-13-7-6-8-14-11-17(2,12-18-16(13)14)15-9-4-3-5-10-15/h3-10H,11-12H2,1-2H3/q+1. The van der Waals surface area contributed by atoms with E-state index in [1.54, 1.807) is 0 Å². The summed E-state index contributed by atoms with van der Waals surface area (Å²) in [7, 11) is 2.22. The zero-order valence-corrected chi connectivity index (χ0v) is 10.9. The lowest BCUT2D eigenvalue weighted by Gasteiger charge is -2.38. The van der Waals surface area contributed by atoms with Gasteiger partial charge in [-0.1, -0.05) is 30.3 Å².